The van der Waals surface area contributed by atoms with E-state index in [2.05, 4.69) is 16.9 Å². The number of rotatable bonds is 6. The number of ether oxygens (including phenoxy) is 1. The first-order valence-electron chi connectivity index (χ1n) is 10.1. The van der Waals surface area contributed by atoms with Crippen molar-refractivity contribution in [3.8, 4) is 5.75 Å². The molecule has 1 aromatic carbocycles. The van der Waals surface area contributed by atoms with Crippen LogP contribution in [0.5, 0.6) is 5.75 Å². The number of nitrogens with two attached hydrogens (primary N) is 3. The third-order valence-corrected chi connectivity index (χ3v) is 6.20. The van der Waals surface area contributed by atoms with Crippen molar-refractivity contribution in [3.63, 3.8) is 0 Å². The molecule has 8 nitrogen and oxygen atoms in total. The van der Waals surface area contributed by atoms with Gasteiger partial charge in [0.05, 0.1) is 17.7 Å². The second-order valence-corrected chi connectivity index (χ2v) is 8.10. The second-order valence-electron chi connectivity index (χ2n) is 8.10. The lowest BCUT2D eigenvalue weighted by Gasteiger charge is -2.23. The monoisotopic (exact) mass is 397 g/mol. The molecule has 1 aromatic heterocycles. The Hall–Kier alpha value is -2.71. The fourth-order valence-electron chi connectivity index (χ4n) is 3.86. The quantitative estimate of drug-likeness (QED) is 0.394. The van der Waals surface area contributed by atoms with Gasteiger partial charge in [0.15, 0.2) is 0 Å². The number of nitrogen functional groups attached to an aromatic ring is 1. The van der Waals surface area contributed by atoms with E-state index in [1.165, 1.54) is 6.33 Å². The Bertz CT molecular complexity index is 929. The molecule has 2 aliphatic rings. The van der Waals surface area contributed by atoms with Crippen molar-refractivity contribution in [3.05, 3.63) is 41.9 Å². The fraction of sp³-hybridized carbons (Fsp3) is 0.476. The molecule has 0 amide bonds. The summed E-state index contributed by atoms with van der Waals surface area (Å²) in [5, 5.41) is 16.5. The molecule has 4 rings (SSSR count). The Kier molecular flexibility index (Phi) is 4.92. The van der Waals surface area contributed by atoms with E-state index in [1.807, 2.05) is 30.0 Å². The highest BCUT2D eigenvalue weighted by molar-refractivity contribution is 6.11. The van der Waals surface area contributed by atoms with Crippen molar-refractivity contribution >= 4 is 17.2 Å². The van der Waals surface area contributed by atoms with Gasteiger partial charge in [0, 0.05) is 24.3 Å². The SMILES string of the molecule is CCC1(Oc2ccc(N)c(C(=[NH2+])c3cc(N4C[C@H](O)[C@@H](N)[C@@H]4C)ncn3)c2)CC1. The van der Waals surface area contributed by atoms with Crippen LogP contribution in [-0.2, 0) is 0 Å². The van der Waals surface area contributed by atoms with Crippen molar-refractivity contribution < 1.29 is 15.3 Å². The number of β-amino-alcohol motifs (C(OH)–C–C–N with tert-alkyl or cyclic N) is 1. The zero-order valence-electron chi connectivity index (χ0n) is 16.9. The van der Waals surface area contributed by atoms with Crippen LogP contribution in [0, 0.1) is 0 Å². The van der Waals surface area contributed by atoms with Crippen LogP contribution in [-0.4, -0.2) is 51.1 Å². The van der Waals surface area contributed by atoms with Crippen LogP contribution < -0.4 is 26.5 Å². The number of hydrogen-bond acceptors (Lipinski definition) is 7. The molecule has 7 N–H and O–H groups in total. The third kappa shape index (κ3) is 3.65. The minimum atomic E-state index is -0.595. The summed E-state index contributed by atoms with van der Waals surface area (Å²) in [4.78, 5) is 10.6. The van der Waals surface area contributed by atoms with Crippen molar-refractivity contribution in [1.82, 2.24) is 9.97 Å². The first-order chi connectivity index (χ1) is 13.8. The molecule has 1 aliphatic heterocycles. The van der Waals surface area contributed by atoms with E-state index in [0.717, 1.165) is 25.0 Å². The molecule has 1 saturated heterocycles. The van der Waals surface area contributed by atoms with E-state index in [1.54, 1.807) is 6.07 Å². The first-order valence-corrected chi connectivity index (χ1v) is 10.1. The lowest BCUT2D eigenvalue weighted by molar-refractivity contribution is -0.111. The second kappa shape index (κ2) is 7.27. The van der Waals surface area contributed by atoms with Gasteiger partial charge in [-0.3, -0.25) is 5.41 Å². The summed E-state index contributed by atoms with van der Waals surface area (Å²) in [6.07, 6.45) is 3.98. The van der Waals surface area contributed by atoms with Crippen LogP contribution in [0.3, 0.4) is 0 Å². The standard InChI is InChI=1S/C21H28N6O2/c1-3-21(6-7-21)29-13-4-5-15(22)14(8-13)20(24)16-9-18(26-11-25-16)27-10-17(28)19(23)12(27)2/h4-5,8-9,11-12,17,19,24,28H,3,6-7,10,22-23H2,1-2H3/p+1/t12-,17-,19-/m0/s1. The molecule has 2 heterocycles. The van der Waals surface area contributed by atoms with Gasteiger partial charge in [0.1, 0.15) is 29.2 Å². The summed E-state index contributed by atoms with van der Waals surface area (Å²) in [6.45, 7) is 4.52. The summed E-state index contributed by atoms with van der Waals surface area (Å²) >= 11 is 0. The molecular formula is C21H29N6O2+. The Morgan fingerprint density at radius 3 is 2.72 bits per heavy atom. The highest BCUT2D eigenvalue weighted by Crippen LogP contribution is 2.43. The van der Waals surface area contributed by atoms with Crippen molar-refractivity contribution in [1.29, 1.82) is 0 Å². The first kappa shape index (κ1) is 19.6. The van der Waals surface area contributed by atoms with Crippen molar-refractivity contribution in [2.45, 2.75) is 56.9 Å². The molecule has 0 radical (unpaired) electrons. The van der Waals surface area contributed by atoms with Crippen LogP contribution >= 0.6 is 0 Å². The van der Waals surface area contributed by atoms with Gasteiger partial charge in [-0.25, -0.2) is 9.97 Å². The number of aliphatic hydroxyl groups excluding tert-OH is 1. The number of hydrogen-bond donors (Lipinski definition) is 4. The van der Waals surface area contributed by atoms with E-state index < -0.39 is 6.10 Å². The molecule has 1 saturated carbocycles. The number of anilines is 2. The number of aromatic nitrogens is 2. The molecule has 154 valence electrons. The number of aliphatic hydroxyl groups is 1. The zero-order chi connectivity index (χ0) is 20.8. The lowest BCUT2D eigenvalue weighted by Crippen LogP contribution is -2.42. The number of nitrogens with zero attached hydrogens (tertiary/aromatic N) is 3. The normalized spacial score (nSPS) is 25.1. The van der Waals surface area contributed by atoms with E-state index in [4.69, 9.17) is 21.6 Å². The smallest absolute Gasteiger partial charge is 0.232 e. The molecule has 0 bridgehead atoms. The zero-order valence-corrected chi connectivity index (χ0v) is 16.9. The highest BCUT2D eigenvalue weighted by Gasteiger charge is 2.43. The van der Waals surface area contributed by atoms with E-state index in [0.29, 0.717) is 35.0 Å². The summed E-state index contributed by atoms with van der Waals surface area (Å²) in [5.41, 5.74) is 14.5. The molecule has 1 aliphatic carbocycles. The van der Waals surface area contributed by atoms with Crippen LogP contribution in [0.25, 0.3) is 0 Å². The Labute approximate surface area is 170 Å². The summed E-state index contributed by atoms with van der Waals surface area (Å²) in [5.74, 6) is 1.43. The van der Waals surface area contributed by atoms with Crippen LogP contribution in [0.2, 0.25) is 0 Å². The third-order valence-electron chi connectivity index (χ3n) is 6.20. The molecule has 8 heteroatoms. The van der Waals surface area contributed by atoms with Crippen LogP contribution in [0.15, 0.2) is 30.6 Å². The van der Waals surface area contributed by atoms with E-state index in [-0.39, 0.29) is 17.7 Å². The largest absolute Gasteiger partial charge is 0.487 e. The predicted octanol–water partition coefficient (Wildman–Crippen LogP) is -0.127. The molecule has 3 atom stereocenters. The van der Waals surface area contributed by atoms with Crippen LogP contribution in [0.4, 0.5) is 11.5 Å². The Morgan fingerprint density at radius 2 is 2.10 bits per heavy atom. The lowest BCUT2D eigenvalue weighted by atomic mass is 10.0. The topological polar surface area (TPSA) is 136 Å². The van der Waals surface area contributed by atoms with Crippen LogP contribution in [0.1, 0.15) is 44.4 Å². The highest BCUT2D eigenvalue weighted by atomic mass is 16.5. The maximum absolute atomic E-state index is 10.1. The summed E-state index contributed by atoms with van der Waals surface area (Å²) in [6, 6.07) is 7.00. The number of benzene rings is 1. The van der Waals surface area contributed by atoms with E-state index in [9.17, 15) is 5.11 Å². The van der Waals surface area contributed by atoms with Gasteiger partial charge < -0.3 is 26.2 Å². The van der Waals surface area contributed by atoms with Gasteiger partial charge >= 0.3 is 0 Å². The van der Waals surface area contributed by atoms with Gasteiger partial charge in [-0.1, -0.05) is 6.92 Å². The Morgan fingerprint density at radius 1 is 1.34 bits per heavy atom. The van der Waals surface area contributed by atoms with Gasteiger partial charge in [-0.15, -0.1) is 0 Å². The van der Waals surface area contributed by atoms with Gasteiger partial charge in [0.2, 0.25) is 5.71 Å². The Balaban J connectivity index is 1.60. The van der Waals surface area contributed by atoms with Gasteiger partial charge in [-0.2, -0.15) is 0 Å². The molecule has 0 spiro atoms. The minimum Gasteiger partial charge on any atom is -0.487 e. The molecule has 2 aromatic rings. The van der Waals surface area contributed by atoms with Gasteiger partial charge in [-0.05, 0) is 44.4 Å². The molecule has 2 fully saturated rings. The van der Waals surface area contributed by atoms with Crippen molar-refractivity contribution in [2.75, 3.05) is 17.2 Å². The van der Waals surface area contributed by atoms with E-state index >= 15 is 0 Å². The summed E-state index contributed by atoms with van der Waals surface area (Å²) < 4.78 is 6.18. The fourth-order valence-corrected chi connectivity index (χ4v) is 3.86. The average molecular weight is 398 g/mol. The predicted molar refractivity (Wildman–Crippen MR) is 112 cm³/mol. The minimum absolute atomic E-state index is 0.0421. The maximum Gasteiger partial charge on any atom is 0.232 e. The van der Waals surface area contributed by atoms with Gasteiger partial charge in [0.25, 0.3) is 0 Å². The van der Waals surface area contributed by atoms with Crippen molar-refractivity contribution in [2.24, 2.45) is 5.73 Å². The maximum atomic E-state index is 10.1. The molecule has 0 unspecified atom stereocenters. The molecule has 29 heavy (non-hydrogen) atoms. The average Bonchev–Trinajstić information content (AvgIpc) is 3.46. The summed E-state index contributed by atoms with van der Waals surface area (Å²) in [7, 11) is 0. The molecular weight excluding hydrogens is 368 g/mol.